The molecule has 1 aromatic carbocycles. The van der Waals surface area contributed by atoms with Crippen LogP contribution < -0.4 is 0 Å². The first-order chi connectivity index (χ1) is 6.84. The molecular weight excluding hydrogens is 195 g/mol. The first kappa shape index (κ1) is 11.7. The molecule has 0 aliphatic rings. The molecule has 1 aromatic rings. The molecule has 0 spiro atoms. The Labute approximate surface area is 88.7 Å². The van der Waals surface area contributed by atoms with E-state index in [0.717, 1.165) is 5.56 Å². The van der Waals surface area contributed by atoms with E-state index >= 15 is 0 Å². The van der Waals surface area contributed by atoms with Crippen LogP contribution in [-0.4, -0.2) is 11.1 Å². The highest BCUT2D eigenvalue weighted by molar-refractivity contribution is 5.75. The van der Waals surface area contributed by atoms with E-state index in [1.54, 1.807) is 18.2 Å². The van der Waals surface area contributed by atoms with E-state index in [9.17, 15) is 9.18 Å². The highest BCUT2D eigenvalue weighted by Gasteiger charge is 2.26. The predicted octanol–water partition coefficient (Wildman–Crippen LogP) is 3.08. The third-order valence-electron chi connectivity index (χ3n) is 2.26. The largest absolute Gasteiger partial charge is 0.479 e. The number of benzene rings is 1. The van der Waals surface area contributed by atoms with Gasteiger partial charge in [0.1, 0.15) is 0 Å². The molecule has 0 aliphatic heterocycles. The second kappa shape index (κ2) is 4.01. The summed E-state index contributed by atoms with van der Waals surface area (Å²) in [7, 11) is 0. The van der Waals surface area contributed by atoms with Crippen molar-refractivity contribution >= 4 is 5.97 Å². The third kappa shape index (κ3) is 2.55. The number of carboxylic acid groups (broad SMARTS) is 1. The molecule has 0 fully saturated rings. The molecule has 0 heterocycles. The number of hydrogen-bond acceptors (Lipinski definition) is 1. The minimum atomic E-state index is -1.94. The molecule has 0 aromatic heterocycles. The van der Waals surface area contributed by atoms with Crippen LogP contribution in [0.5, 0.6) is 0 Å². The van der Waals surface area contributed by atoms with Crippen molar-refractivity contribution in [3.63, 3.8) is 0 Å². The molecule has 3 heteroatoms. The van der Waals surface area contributed by atoms with E-state index in [-0.39, 0.29) is 11.0 Å². The lowest BCUT2D eigenvalue weighted by Crippen LogP contribution is -2.17. The summed E-state index contributed by atoms with van der Waals surface area (Å²) in [6, 6.07) is 6.74. The van der Waals surface area contributed by atoms with Crippen LogP contribution in [0.15, 0.2) is 24.3 Å². The third-order valence-corrected chi connectivity index (χ3v) is 2.26. The van der Waals surface area contributed by atoms with Crippen LogP contribution in [0, 0.1) is 0 Å². The Morgan fingerprint density at radius 1 is 1.33 bits per heavy atom. The zero-order chi connectivity index (χ0) is 11.6. The van der Waals surface area contributed by atoms with Crippen LogP contribution in [0.2, 0.25) is 0 Å². The zero-order valence-corrected chi connectivity index (χ0v) is 9.12. The molecule has 0 amide bonds. The normalized spacial score (nSPS) is 13.6. The van der Waals surface area contributed by atoms with Crippen molar-refractivity contribution in [1.82, 2.24) is 0 Å². The van der Waals surface area contributed by atoms with Gasteiger partial charge in [-0.15, -0.1) is 0 Å². The summed E-state index contributed by atoms with van der Waals surface area (Å²) in [5.41, 5.74) is 0.730. The summed E-state index contributed by atoms with van der Waals surface area (Å²) in [5.74, 6) is -1.44. The number of halogens is 1. The van der Waals surface area contributed by atoms with E-state index < -0.39 is 12.1 Å². The molecule has 0 aliphatic carbocycles. The van der Waals surface area contributed by atoms with E-state index in [4.69, 9.17) is 5.11 Å². The standard InChI is InChI=1S/C12H15FO2/c1-12(2,3)9-7-5-4-6-8(9)10(13)11(14)15/h4-7,10H,1-3H3,(H,14,15). The Bertz CT molecular complexity index is 366. The van der Waals surface area contributed by atoms with Gasteiger partial charge in [0.25, 0.3) is 0 Å². The van der Waals surface area contributed by atoms with Crippen molar-refractivity contribution in [2.24, 2.45) is 0 Å². The Morgan fingerprint density at radius 3 is 2.33 bits per heavy atom. The van der Waals surface area contributed by atoms with Gasteiger partial charge in [0.2, 0.25) is 6.17 Å². The van der Waals surface area contributed by atoms with Crippen LogP contribution in [0.1, 0.15) is 38.1 Å². The molecule has 1 unspecified atom stereocenters. The molecule has 1 rings (SSSR count). The van der Waals surface area contributed by atoms with Gasteiger partial charge in [-0.1, -0.05) is 45.0 Å². The number of hydrogen-bond donors (Lipinski definition) is 1. The smallest absolute Gasteiger partial charge is 0.343 e. The van der Waals surface area contributed by atoms with Gasteiger partial charge >= 0.3 is 5.97 Å². The Morgan fingerprint density at radius 2 is 1.87 bits per heavy atom. The number of rotatable bonds is 2. The monoisotopic (exact) mass is 210 g/mol. The average molecular weight is 210 g/mol. The number of carbonyl (C=O) groups is 1. The lowest BCUT2D eigenvalue weighted by atomic mass is 9.82. The fraction of sp³-hybridized carbons (Fsp3) is 0.417. The molecule has 82 valence electrons. The lowest BCUT2D eigenvalue weighted by molar-refractivity contribution is -0.143. The molecule has 0 saturated carbocycles. The number of alkyl halides is 1. The van der Waals surface area contributed by atoms with Crippen LogP contribution in [-0.2, 0) is 10.2 Å². The van der Waals surface area contributed by atoms with E-state index in [2.05, 4.69) is 0 Å². The van der Waals surface area contributed by atoms with Gasteiger partial charge in [-0.25, -0.2) is 9.18 Å². The van der Waals surface area contributed by atoms with Crippen LogP contribution >= 0.6 is 0 Å². The SMILES string of the molecule is CC(C)(C)c1ccccc1C(F)C(=O)O. The van der Waals surface area contributed by atoms with E-state index in [0.29, 0.717) is 0 Å². The highest BCUT2D eigenvalue weighted by atomic mass is 19.1. The van der Waals surface area contributed by atoms with Crippen molar-refractivity contribution in [1.29, 1.82) is 0 Å². The minimum Gasteiger partial charge on any atom is -0.479 e. The molecule has 0 radical (unpaired) electrons. The predicted molar refractivity (Wildman–Crippen MR) is 56.6 cm³/mol. The summed E-state index contributed by atoms with van der Waals surface area (Å²) in [5, 5.41) is 8.65. The van der Waals surface area contributed by atoms with Gasteiger partial charge < -0.3 is 5.11 Å². The van der Waals surface area contributed by atoms with Crippen molar-refractivity contribution in [3.05, 3.63) is 35.4 Å². The molecule has 2 nitrogen and oxygen atoms in total. The summed E-state index contributed by atoms with van der Waals surface area (Å²) >= 11 is 0. The van der Waals surface area contributed by atoms with Crippen molar-refractivity contribution < 1.29 is 14.3 Å². The summed E-state index contributed by atoms with van der Waals surface area (Å²) < 4.78 is 13.4. The second-order valence-electron chi connectivity index (χ2n) is 4.54. The highest BCUT2D eigenvalue weighted by Crippen LogP contribution is 2.31. The van der Waals surface area contributed by atoms with E-state index in [1.165, 1.54) is 6.07 Å². The van der Waals surface area contributed by atoms with Gasteiger partial charge in [0.15, 0.2) is 0 Å². The topological polar surface area (TPSA) is 37.3 Å². The first-order valence-electron chi connectivity index (χ1n) is 4.80. The van der Waals surface area contributed by atoms with Gasteiger partial charge in [0.05, 0.1) is 0 Å². The summed E-state index contributed by atoms with van der Waals surface area (Å²) in [4.78, 5) is 10.6. The second-order valence-corrected chi connectivity index (χ2v) is 4.54. The van der Waals surface area contributed by atoms with Crippen molar-refractivity contribution in [2.75, 3.05) is 0 Å². The maximum Gasteiger partial charge on any atom is 0.343 e. The lowest BCUT2D eigenvalue weighted by Gasteiger charge is -2.23. The van der Waals surface area contributed by atoms with Crippen LogP contribution in [0.3, 0.4) is 0 Å². The Balaban J connectivity index is 3.24. The van der Waals surface area contributed by atoms with Gasteiger partial charge in [0, 0.05) is 5.56 Å². The average Bonchev–Trinajstić information content (AvgIpc) is 2.15. The van der Waals surface area contributed by atoms with Crippen molar-refractivity contribution in [2.45, 2.75) is 32.4 Å². The van der Waals surface area contributed by atoms with Crippen molar-refractivity contribution in [3.8, 4) is 0 Å². The first-order valence-corrected chi connectivity index (χ1v) is 4.80. The molecular formula is C12H15FO2. The van der Waals surface area contributed by atoms with Crippen LogP contribution in [0.25, 0.3) is 0 Å². The quantitative estimate of drug-likeness (QED) is 0.814. The minimum absolute atomic E-state index is 0.248. The number of carboxylic acids is 1. The molecule has 1 atom stereocenters. The number of aliphatic carboxylic acids is 1. The Hall–Kier alpha value is -1.38. The molecule has 0 bridgehead atoms. The fourth-order valence-corrected chi connectivity index (χ4v) is 1.53. The maximum atomic E-state index is 13.4. The molecule has 1 N–H and O–H groups in total. The Kier molecular flexibility index (Phi) is 3.12. The van der Waals surface area contributed by atoms with Crippen LogP contribution in [0.4, 0.5) is 4.39 Å². The van der Waals surface area contributed by atoms with Gasteiger partial charge in [-0.2, -0.15) is 0 Å². The summed E-state index contributed by atoms with van der Waals surface area (Å²) in [6.45, 7) is 5.79. The molecule has 0 saturated heterocycles. The van der Waals surface area contributed by atoms with Gasteiger partial charge in [-0.3, -0.25) is 0 Å². The van der Waals surface area contributed by atoms with E-state index in [1.807, 2.05) is 20.8 Å². The molecule has 15 heavy (non-hydrogen) atoms. The summed E-state index contributed by atoms with van der Waals surface area (Å²) in [6.07, 6.45) is -1.94. The van der Waals surface area contributed by atoms with Gasteiger partial charge in [-0.05, 0) is 11.0 Å². The zero-order valence-electron chi connectivity index (χ0n) is 9.12. The fourth-order valence-electron chi connectivity index (χ4n) is 1.53. The maximum absolute atomic E-state index is 13.4.